The largest absolute Gasteiger partial charge is 0.542 e. The molecular weight excluding hydrogens is 552 g/mol. The summed E-state index contributed by atoms with van der Waals surface area (Å²) in [6.07, 6.45) is -9.22. The van der Waals surface area contributed by atoms with Gasteiger partial charge in [0, 0.05) is 11.8 Å². The molecule has 0 saturated carbocycles. The fourth-order valence-electron chi connectivity index (χ4n) is 2.75. The van der Waals surface area contributed by atoms with Gasteiger partial charge in [-0.1, -0.05) is 11.6 Å². The first-order chi connectivity index (χ1) is 16.9. The first-order valence-electron chi connectivity index (χ1n) is 10.1. The number of H-pyrrole nitrogens is 1. The molecule has 2 N–H and O–H groups in total. The maximum Gasteiger partial charge on any atom is 0.430 e. The molecule has 0 fully saturated rings. The van der Waals surface area contributed by atoms with Gasteiger partial charge in [-0.2, -0.15) is 26.3 Å². The molecule has 1 atom stereocenters. The SMILES string of the molecule is C[n+]1c[nH]c(-c2ccc(OC(C)(C)C(O)C(F)(F)F)cc2)c1Sc1ccc(Cl)cn1.O=C([O-])C(F)(F)F. The third-order valence-corrected chi connectivity index (χ3v) is 5.92. The lowest BCUT2D eigenvalue weighted by molar-refractivity contribution is -0.706. The number of hydrogen-bond acceptors (Lipinski definition) is 6. The molecule has 202 valence electrons. The lowest BCUT2D eigenvalue weighted by Gasteiger charge is -2.32. The monoisotopic (exact) mass is 571 g/mol. The second-order valence-electron chi connectivity index (χ2n) is 7.94. The molecule has 0 amide bonds. The quantitative estimate of drug-likeness (QED) is 0.341. The number of aromatic amines is 1. The summed E-state index contributed by atoms with van der Waals surface area (Å²) in [6.45, 7) is 2.38. The number of carbonyl (C=O) groups is 1. The number of pyridine rings is 1. The number of carboxylic acid groups (broad SMARTS) is 1. The minimum absolute atomic E-state index is 0.219. The minimum Gasteiger partial charge on any atom is -0.542 e. The van der Waals surface area contributed by atoms with Crippen molar-refractivity contribution in [1.82, 2.24) is 9.97 Å². The number of alkyl halides is 6. The van der Waals surface area contributed by atoms with Crippen LogP contribution in [-0.2, 0) is 11.8 Å². The zero-order chi connectivity index (χ0) is 28.2. The number of nitrogens with one attached hydrogen (secondary N) is 1. The smallest absolute Gasteiger partial charge is 0.430 e. The van der Waals surface area contributed by atoms with Gasteiger partial charge in [0.05, 0.1) is 12.1 Å². The molecule has 7 nitrogen and oxygen atoms in total. The maximum absolute atomic E-state index is 12.8. The molecule has 0 aliphatic rings. The molecule has 0 aliphatic heterocycles. The number of aromatic nitrogens is 3. The Morgan fingerprint density at radius 2 is 1.70 bits per heavy atom. The van der Waals surface area contributed by atoms with E-state index in [1.807, 2.05) is 17.7 Å². The maximum atomic E-state index is 12.8. The molecule has 2 aromatic heterocycles. The Morgan fingerprint density at radius 1 is 1.14 bits per heavy atom. The number of imidazole rings is 1. The molecule has 37 heavy (non-hydrogen) atoms. The van der Waals surface area contributed by atoms with E-state index in [1.54, 1.807) is 42.9 Å². The molecule has 15 heteroatoms. The molecule has 1 aromatic carbocycles. The van der Waals surface area contributed by atoms with Crippen LogP contribution in [0.25, 0.3) is 11.3 Å². The number of nitrogens with zero attached hydrogens (tertiary/aromatic N) is 2. The van der Waals surface area contributed by atoms with Crippen LogP contribution in [0.5, 0.6) is 5.75 Å². The standard InChI is InChI=1S/C20H19ClF3N3O2S.C2HF3O2/c1-19(2,18(28)20(22,23)24)29-14-7-4-12(5-8-14)16-17(27(3)11-26-16)30-15-9-6-13(21)10-25-15;3-2(4,5)1(6)7/h4-11,18,28H,1-3H3;(H,6,7). The average molecular weight is 572 g/mol. The zero-order valence-corrected chi connectivity index (χ0v) is 20.9. The van der Waals surface area contributed by atoms with Gasteiger partial charge in [0.2, 0.25) is 11.4 Å². The molecule has 0 bridgehead atoms. The number of aliphatic hydroxyl groups excluding tert-OH is 1. The Hall–Kier alpha value is -2.97. The summed E-state index contributed by atoms with van der Waals surface area (Å²) < 4.78 is 77.4. The topological polar surface area (TPSA) is 102 Å². The van der Waals surface area contributed by atoms with Crippen LogP contribution in [0.2, 0.25) is 5.02 Å². The van der Waals surface area contributed by atoms with Crippen molar-refractivity contribution in [3.8, 4) is 17.0 Å². The Labute approximate surface area is 216 Å². The summed E-state index contributed by atoms with van der Waals surface area (Å²) >= 11 is 7.33. The van der Waals surface area contributed by atoms with Gasteiger partial charge in [-0.05, 0) is 62.0 Å². The van der Waals surface area contributed by atoms with E-state index in [0.717, 1.165) is 21.3 Å². The van der Waals surface area contributed by atoms with E-state index in [1.165, 1.54) is 25.6 Å². The van der Waals surface area contributed by atoms with Crippen molar-refractivity contribution < 1.29 is 50.7 Å². The van der Waals surface area contributed by atoms with Gasteiger partial charge in [0.25, 0.3) is 0 Å². The Bertz CT molecular complexity index is 1200. The summed E-state index contributed by atoms with van der Waals surface area (Å²) in [7, 11) is 1.89. The van der Waals surface area contributed by atoms with Crippen molar-refractivity contribution in [2.45, 2.75) is 48.0 Å². The third kappa shape index (κ3) is 8.54. The van der Waals surface area contributed by atoms with E-state index < -0.39 is 30.0 Å². The lowest BCUT2D eigenvalue weighted by Crippen LogP contribution is -2.50. The van der Waals surface area contributed by atoms with E-state index in [-0.39, 0.29) is 5.75 Å². The highest BCUT2D eigenvalue weighted by molar-refractivity contribution is 7.99. The number of halogens is 7. The van der Waals surface area contributed by atoms with Crippen molar-refractivity contribution in [3.05, 3.63) is 53.9 Å². The molecule has 3 rings (SSSR count). The van der Waals surface area contributed by atoms with Crippen molar-refractivity contribution in [2.24, 2.45) is 7.05 Å². The van der Waals surface area contributed by atoms with Crippen molar-refractivity contribution in [1.29, 1.82) is 0 Å². The number of hydrogen-bond donors (Lipinski definition) is 2. The Morgan fingerprint density at radius 3 is 2.16 bits per heavy atom. The second kappa shape index (κ2) is 11.6. The molecule has 0 saturated heterocycles. The second-order valence-corrected chi connectivity index (χ2v) is 9.39. The third-order valence-electron chi connectivity index (χ3n) is 4.56. The number of rotatable bonds is 6. The lowest BCUT2D eigenvalue weighted by atomic mass is 10.0. The van der Waals surface area contributed by atoms with Crippen LogP contribution in [0.15, 0.2) is 59.0 Å². The number of aliphatic hydroxyl groups is 1. The van der Waals surface area contributed by atoms with Crippen LogP contribution < -0.4 is 14.4 Å². The van der Waals surface area contributed by atoms with Crippen LogP contribution in [0.1, 0.15) is 13.8 Å². The Balaban J connectivity index is 0.000000604. The molecule has 3 aromatic rings. The van der Waals surface area contributed by atoms with E-state index in [9.17, 15) is 31.4 Å². The van der Waals surface area contributed by atoms with Crippen LogP contribution in [0.3, 0.4) is 0 Å². The highest BCUT2D eigenvalue weighted by Crippen LogP contribution is 2.34. The first-order valence-corrected chi connectivity index (χ1v) is 11.3. The molecule has 0 aliphatic carbocycles. The number of aryl methyl sites for hydroxylation is 1. The molecule has 1 unspecified atom stereocenters. The molecule has 2 heterocycles. The van der Waals surface area contributed by atoms with E-state index >= 15 is 0 Å². The predicted octanol–water partition coefficient (Wildman–Crippen LogP) is 4.09. The summed E-state index contributed by atoms with van der Waals surface area (Å²) in [5, 5.41) is 20.5. The fraction of sp³-hybridized carbons (Fsp3) is 0.318. The highest BCUT2D eigenvalue weighted by Gasteiger charge is 2.49. The fourth-order valence-corrected chi connectivity index (χ4v) is 3.78. The minimum atomic E-state index is -5.19. The summed E-state index contributed by atoms with van der Waals surface area (Å²) in [4.78, 5) is 16.3. The predicted molar refractivity (Wildman–Crippen MR) is 119 cm³/mol. The van der Waals surface area contributed by atoms with Crippen molar-refractivity contribution in [3.63, 3.8) is 0 Å². The van der Waals surface area contributed by atoms with Gasteiger partial charge >= 0.3 is 12.4 Å². The number of carbonyl (C=O) groups excluding carboxylic acids is 1. The number of benzene rings is 1. The van der Waals surface area contributed by atoms with Gasteiger partial charge in [-0.25, -0.2) is 14.5 Å². The van der Waals surface area contributed by atoms with Crippen molar-refractivity contribution >= 4 is 29.3 Å². The summed E-state index contributed by atoms with van der Waals surface area (Å²) in [5.41, 5.74) is -0.200. The number of carboxylic acids is 1. The van der Waals surface area contributed by atoms with Crippen LogP contribution in [0, 0.1) is 0 Å². The van der Waals surface area contributed by atoms with Gasteiger partial charge < -0.3 is 19.7 Å². The van der Waals surface area contributed by atoms with E-state index in [4.69, 9.17) is 26.2 Å². The van der Waals surface area contributed by atoms with Gasteiger partial charge in [0.15, 0.2) is 11.8 Å². The highest BCUT2D eigenvalue weighted by atomic mass is 35.5. The average Bonchev–Trinajstić information content (AvgIpc) is 3.14. The van der Waals surface area contributed by atoms with Crippen LogP contribution >= 0.6 is 23.4 Å². The van der Waals surface area contributed by atoms with E-state index in [0.29, 0.717) is 5.02 Å². The number of ether oxygens (including phenoxy) is 1. The summed E-state index contributed by atoms with van der Waals surface area (Å²) in [6, 6.07) is 10.2. The Kier molecular flexibility index (Phi) is 9.49. The zero-order valence-electron chi connectivity index (χ0n) is 19.3. The molecule has 0 radical (unpaired) electrons. The van der Waals surface area contributed by atoms with E-state index in [2.05, 4.69) is 9.97 Å². The number of aliphatic carboxylic acids is 1. The van der Waals surface area contributed by atoms with Gasteiger partial charge in [0.1, 0.15) is 22.3 Å². The first kappa shape index (κ1) is 30.3. The summed E-state index contributed by atoms with van der Waals surface area (Å²) in [5.74, 6) is -2.79. The van der Waals surface area contributed by atoms with Gasteiger partial charge in [-0.15, -0.1) is 0 Å². The molecular formula is C22H20ClF6N3O4S. The molecule has 0 spiro atoms. The van der Waals surface area contributed by atoms with Crippen molar-refractivity contribution in [2.75, 3.05) is 0 Å². The van der Waals surface area contributed by atoms with Crippen LogP contribution in [-0.4, -0.2) is 45.1 Å². The normalized spacial score (nSPS) is 12.9. The van der Waals surface area contributed by atoms with Crippen LogP contribution in [0.4, 0.5) is 26.3 Å². The van der Waals surface area contributed by atoms with Gasteiger partial charge in [-0.3, -0.25) is 0 Å².